The highest BCUT2D eigenvalue weighted by atomic mass is 15.2. The van der Waals surface area contributed by atoms with Gasteiger partial charge in [0.2, 0.25) is 0 Å². The Morgan fingerprint density at radius 2 is 1.34 bits per heavy atom. The Morgan fingerprint density at radius 3 is 2.19 bits per heavy atom. The van der Waals surface area contributed by atoms with Gasteiger partial charge in [0.1, 0.15) is 0 Å². The average molecular weight is 683 g/mol. The number of rotatable bonds is 6. The van der Waals surface area contributed by atoms with Crippen molar-refractivity contribution in [2.45, 2.75) is 44.6 Å². The minimum atomic E-state index is -0.0685. The van der Waals surface area contributed by atoms with Gasteiger partial charge in [0.15, 0.2) is 0 Å². The molecule has 2 heteroatoms. The molecule has 53 heavy (non-hydrogen) atoms. The van der Waals surface area contributed by atoms with Gasteiger partial charge in [-0.2, -0.15) is 0 Å². The smallest absolute Gasteiger partial charge is 0.0565 e. The average Bonchev–Trinajstić information content (AvgIpc) is 3.67. The van der Waals surface area contributed by atoms with Gasteiger partial charge in [-0.05, 0) is 112 Å². The summed E-state index contributed by atoms with van der Waals surface area (Å²) < 4.78 is 2.46. The second-order valence-electron chi connectivity index (χ2n) is 15.2. The molecule has 1 heterocycles. The summed E-state index contributed by atoms with van der Waals surface area (Å²) in [6, 6.07) is 52.1. The number of aromatic nitrogens is 1. The van der Waals surface area contributed by atoms with E-state index in [9.17, 15) is 0 Å². The molecular formula is C51H42N2. The Morgan fingerprint density at radius 1 is 0.604 bits per heavy atom. The first-order valence-corrected chi connectivity index (χ1v) is 19.0. The monoisotopic (exact) mass is 682 g/mol. The van der Waals surface area contributed by atoms with Gasteiger partial charge in [0.25, 0.3) is 0 Å². The molecule has 1 atom stereocenters. The van der Waals surface area contributed by atoms with Gasteiger partial charge in [0.05, 0.1) is 17.1 Å². The molecule has 7 aromatic rings. The van der Waals surface area contributed by atoms with E-state index < -0.39 is 0 Å². The molecule has 0 fully saturated rings. The third kappa shape index (κ3) is 5.24. The first-order chi connectivity index (χ1) is 26.0. The molecule has 0 spiro atoms. The first kappa shape index (κ1) is 31.6. The first-order valence-electron chi connectivity index (χ1n) is 19.0. The largest absolute Gasteiger partial charge is 0.334 e. The number of allylic oxidation sites excluding steroid dienone is 6. The lowest BCUT2D eigenvalue weighted by Crippen LogP contribution is -2.30. The lowest BCUT2D eigenvalue weighted by molar-refractivity contribution is 0.659. The number of fused-ring (bicyclic) bond motifs is 6. The van der Waals surface area contributed by atoms with Crippen molar-refractivity contribution in [1.29, 1.82) is 0 Å². The van der Waals surface area contributed by atoms with Crippen molar-refractivity contribution in [3.63, 3.8) is 0 Å². The van der Waals surface area contributed by atoms with E-state index in [1.807, 2.05) is 0 Å². The minimum Gasteiger partial charge on any atom is -0.334 e. The van der Waals surface area contributed by atoms with E-state index in [0.717, 1.165) is 19.3 Å². The maximum Gasteiger partial charge on any atom is 0.0565 e. The molecule has 2 nitrogen and oxygen atoms in total. The lowest BCUT2D eigenvalue weighted by Gasteiger charge is -2.34. The van der Waals surface area contributed by atoms with Crippen LogP contribution in [0.15, 0.2) is 176 Å². The summed E-state index contributed by atoms with van der Waals surface area (Å²) in [5, 5.41) is 2.60. The normalized spacial score (nSPS) is 17.1. The number of benzene rings is 6. The van der Waals surface area contributed by atoms with E-state index in [4.69, 9.17) is 0 Å². The summed E-state index contributed by atoms with van der Waals surface area (Å²) in [4.78, 5) is 2.55. The lowest BCUT2D eigenvalue weighted by atomic mass is 9.82. The third-order valence-electron chi connectivity index (χ3n) is 11.8. The fourth-order valence-electron chi connectivity index (χ4n) is 9.10. The molecule has 0 N–H and O–H groups in total. The van der Waals surface area contributed by atoms with E-state index in [1.165, 1.54) is 83.4 Å². The van der Waals surface area contributed by atoms with Gasteiger partial charge >= 0.3 is 0 Å². The summed E-state index contributed by atoms with van der Waals surface area (Å²) in [6.45, 7) is 4.74. The molecule has 0 aliphatic heterocycles. The summed E-state index contributed by atoms with van der Waals surface area (Å²) in [5.41, 5.74) is 16.7. The van der Waals surface area contributed by atoms with E-state index >= 15 is 0 Å². The number of nitrogens with zero attached hydrogens (tertiary/aromatic N) is 2. The zero-order valence-electron chi connectivity index (χ0n) is 30.3. The van der Waals surface area contributed by atoms with E-state index in [0.29, 0.717) is 0 Å². The summed E-state index contributed by atoms with van der Waals surface area (Å²) >= 11 is 0. The highest BCUT2D eigenvalue weighted by Crippen LogP contribution is 2.50. The van der Waals surface area contributed by atoms with E-state index in [-0.39, 0.29) is 11.5 Å². The molecule has 1 unspecified atom stereocenters. The van der Waals surface area contributed by atoms with Crippen LogP contribution in [-0.4, -0.2) is 10.6 Å². The molecule has 0 bridgehead atoms. The quantitative estimate of drug-likeness (QED) is 0.169. The van der Waals surface area contributed by atoms with Crippen molar-refractivity contribution in [3.05, 3.63) is 193 Å². The van der Waals surface area contributed by atoms with Crippen molar-refractivity contribution in [2.24, 2.45) is 0 Å². The summed E-state index contributed by atoms with van der Waals surface area (Å²) in [7, 11) is 0. The fraction of sp³-hybridized carbons (Fsp3) is 0.137. The predicted octanol–water partition coefficient (Wildman–Crippen LogP) is 13.5. The highest BCUT2D eigenvalue weighted by molar-refractivity contribution is 6.11. The minimum absolute atomic E-state index is 0.0685. The third-order valence-corrected chi connectivity index (χ3v) is 11.8. The molecule has 256 valence electrons. The number of para-hydroxylation sites is 1. The van der Waals surface area contributed by atoms with Gasteiger partial charge < -0.3 is 9.47 Å². The summed E-state index contributed by atoms with van der Waals surface area (Å²) in [5.74, 6) is 0. The Labute approximate surface area is 312 Å². The predicted molar refractivity (Wildman–Crippen MR) is 226 cm³/mol. The zero-order valence-corrected chi connectivity index (χ0v) is 30.3. The van der Waals surface area contributed by atoms with Crippen LogP contribution in [0.2, 0.25) is 0 Å². The van der Waals surface area contributed by atoms with Crippen LogP contribution in [0.5, 0.6) is 0 Å². The van der Waals surface area contributed by atoms with Crippen LogP contribution in [0, 0.1) is 0 Å². The van der Waals surface area contributed by atoms with Crippen LogP contribution in [0.4, 0.5) is 11.4 Å². The Hall–Kier alpha value is -6.12. The zero-order chi connectivity index (χ0) is 35.5. The number of anilines is 2. The Kier molecular flexibility index (Phi) is 7.47. The molecule has 0 amide bonds. The maximum absolute atomic E-state index is 2.55. The van der Waals surface area contributed by atoms with Crippen molar-refractivity contribution in [1.82, 2.24) is 4.57 Å². The van der Waals surface area contributed by atoms with Crippen LogP contribution in [0.3, 0.4) is 0 Å². The summed E-state index contributed by atoms with van der Waals surface area (Å²) in [6.07, 6.45) is 16.9. The molecule has 0 saturated carbocycles. The maximum atomic E-state index is 2.55. The van der Waals surface area contributed by atoms with Gasteiger partial charge in [-0.3, -0.25) is 0 Å². The van der Waals surface area contributed by atoms with Gasteiger partial charge in [-0.1, -0.05) is 141 Å². The SMILES string of the molecule is CC1(C)c2ccccc2-c2ccc(N(c3ccc(-c4ccc5c(c4)c4ccccc4n5C4=CC=CCC4)cc3)C3C=C(c4ccccc4)C=CC3)cc21. The highest BCUT2D eigenvalue weighted by Gasteiger charge is 2.36. The fourth-order valence-corrected chi connectivity index (χ4v) is 9.10. The Bertz CT molecular complexity index is 2660. The van der Waals surface area contributed by atoms with Gasteiger partial charge in [-0.25, -0.2) is 0 Å². The van der Waals surface area contributed by atoms with E-state index in [1.54, 1.807) is 0 Å². The second kappa shape index (κ2) is 12.5. The molecule has 0 saturated heterocycles. The Balaban J connectivity index is 1.07. The number of hydrogen-bond acceptors (Lipinski definition) is 1. The van der Waals surface area contributed by atoms with Crippen LogP contribution in [0.25, 0.3) is 55.3 Å². The van der Waals surface area contributed by atoms with Crippen LogP contribution >= 0.6 is 0 Å². The van der Waals surface area contributed by atoms with Crippen molar-refractivity contribution in [2.75, 3.05) is 4.90 Å². The van der Waals surface area contributed by atoms with Gasteiger partial charge in [-0.15, -0.1) is 0 Å². The molecule has 6 aromatic carbocycles. The topological polar surface area (TPSA) is 8.17 Å². The van der Waals surface area contributed by atoms with Crippen molar-refractivity contribution >= 4 is 44.5 Å². The van der Waals surface area contributed by atoms with Gasteiger partial charge in [0, 0.05) is 33.3 Å². The van der Waals surface area contributed by atoms with Crippen LogP contribution in [-0.2, 0) is 5.41 Å². The molecule has 10 rings (SSSR count). The molecule has 3 aliphatic carbocycles. The second-order valence-corrected chi connectivity index (χ2v) is 15.2. The van der Waals surface area contributed by atoms with Crippen LogP contribution < -0.4 is 4.90 Å². The molecular weight excluding hydrogens is 641 g/mol. The molecule has 1 aromatic heterocycles. The van der Waals surface area contributed by atoms with E-state index in [2.05, 4.69) is 199 Å². The van der Waals surface area contributed by atoms with Crippen LogP contribution in [0.1, 0.15) is 49.8 Å². The molecule has 3 aliphatic rings. The van der Waals surface area contributed by atoms with Crippen molar-refractivity contribution < 1.29 is 0 Å². The molecule has 0 radical (unpaired) electrons. The standard InChI is InChI=1S/C51H42N2/c1-51(2)47-22-11-9-20-43(47)44-30-29-42(34-48(44)51)52(41-19-13-16-37(32-41)35-14-5-3-6-15-35)40-27-24-36(25-28-40)38-26-31-50-46(33-38)45-21-10-12-23-49(45)53(50)39-17-7-4-8-18-39/h3-7,9-17,20-34,41H,8,18-19H2,1-2H3. The van der Waals surface area contributed by atoms with Crippen molar-refractivity contribution in [3.8, 4) is 22.3 Å². The number of hydrogen-bond donors (Lipinski definition) is 0.